The zero-order chi connectivity index (χ0) is 10.4. The van der Waals surface area contributed by atoms with Crippen molar-refractivity contribution >= 4 is 11.8 Å². The zero-order valence-corrected chi connectivity index (χ0v) is 10.4. The van der Waals surface area contributed by atoms with E-state index in [1.165, 1.54) is 37.9 Å². The first-order valence-corrected chi connectivity index (χ1v) is 7.08. The standard InChI is InChI=1S/C12H24OS/c1-3-10(2)9-14-12-8-6-4-5-7-11(12)13/h10-13H,3-9H2,1-2H3. The normalized spacial score (nSPS) is 31.1. The molecule has 1 aliphatic carbocycles. The maximum absolute atomic E-state index is 9.91. The third-order valence-electron chi connectivity index (χ3n) is 3.21. The molecule has 0 aromatic rings. The Morgan fingerprint density at radius 3 is 2.71 bits per heavy atom. The summed E-state index contributed by atoms with van der Waals surface area (Å²) >= 11 is 2.00. The molecular weight excluding hydrogens is 192 g/mol. The molecule has 1 saturated carbocycles. The second kappa shape index (κ2) is 6.73. The largest absolute Gasteiger partial charge is 0.392 e. The summed E-state index contributed by atoms with van der Waals surface area (Å²) in [7, 11) is 0. The molecule has 0 aromatic heterocycles. The summed E-state index contributed by atoms with van der Waals surface area (Å²) in [6.45, 7) is 4.55. The average molecular weight is 216 g/mol. The molecule has 0 amide bonds. The Kier molecular flexibility index (Phi) is 5.95. The molecule has 14 heavy (non-hydrogen) atoms. The van der Waals surface area contributed by atoms with E-state index in [2.05, 4.69) is 13.8 Å². The Balaban J connectivity index is 2.26. The van der Waals surface area contributed by atoms with Crippen LogP contribution in [0.2, 0.25) is 0 Å². The monoisotopic (exact) mass is 216 g/mol. The van der Waals surface area contributed by atoms with Crippen LogP contribution in [0.5, 0.6) is 0 Å². The first-order chi connectivity index (χ1) is 6.74. The van der Waals surface area contributed by atoms with Crippen molar-refractivity contribution in [1.29, 1.82) is 0 Å². The minimum Gasteiger partial charge on any atom is -0.392 e. The molecule has 3 atom stereocenters. The SMILES string of the molecule is CCC(C)CSC1CCCCCC1O. The molecule has 0 aromatic carbocycles. The number of hydrogen-bond donors (Lipinski definition) is 1. The van der Waals surface area contributed by atoms with Crippen molar-refractivity contribution in [2.75, 3.05) is 5.75 Å². The summed E-state index contributed by atoms with van der Waals surface area (Å²) in [5.41, 5.74) is 0. The molecule has 0 saturated heterocycles. The van der Waals surface area contributed by atoms with Crippen molar-refractivity contribution in [2.45, 2.75) is 63.7 Å². The Labute approximate surface area is 92.7 Å². The van der Waals surface area contributed by atoms with Gasteiger partial charge in [-0.15, -0.1) is 0 Å². The third kappa shape index (κ3) is 4.22. The summed E-state index contributed by atoms with van der Waals surface area (Å²) in [5.74, 6) is 2.02. The lowest BCUT2D eigenvalue weighted by molar-refractivity contribution is 0.163. The van der Waals surface area contributed by atoms with E-state index in [4.69, 9.17) is 0 Å². The van der Waals surface area contributed by atoms with Gasteiger partial charge in [-0.2, -0.15) is 11.8 Å². The molecule has 1 rings (SSSR count). The van der Waals surface area contributed by atoms with Gasteiger partial charge in [-0.3, -0.25) is 0 Å². The Morgan fingerprint density at radius 1 is 1.29 bits per heavy atom. The van der Waals surface area contributed by atoms with Gasteiger partial charge >= 0.3 is 0 Å². The van der Waals surface area contributed by atoms with Crippen LogP contribution in [0.25, 0.3) is 0 Å². The van der Waals surface area contributed by atoms with Gasteiger partial charge in [0.1, 0.15) is 0 Å². The van der Waals surface area contributed by atoms with Gasteiger partial charge in [-0.1, -0.05) is 39.5 Å². The van der Waals surface area contributed by atoms with Crippen LogP contribution in [0.3, 0.4) is 0 Å². The molecule has 84 valence electrons. The second-order valence-corrected chi connectivity index (χ2v) is 5.86. The van der Waals surface area contributed by atoms with Crippen LogP contribution >= 0.6 is 11.8 Å². The van der Waals surface area contributed by atoms with Crippen molar-refractivity contribution in [1.82, 2.24) is 0 Å². The average Bonchev–Trinajstić information content (AvgIpc) is 2.39. The van der Waals surface area contributed by atoms with Crippen LogP contribution < -0.4 is 0 Å². The lowest BCUT2D eigenvalue weighted by Crippen LogP contribution is -2.22. The van der Waals surface area contributed by atoms with E-state index in [-0.39, 0.29) is 6.10 Å². The molecule has 1 aliphatic rings. The highest BCUT2D eigenvalue weighted by molar-refractivity contribution is 7.99. The fourth-order valence-corrected chi connectivity index (χ4v) is 3.36. The molecule has 1 N–H and O–H groups in total. The van der Waals surface area contributed by atoms with Gasteiger partial charge in [-0.05, 0) is 24.5 Å². The fraction of sp³-hybridized carbons (Fsp3) is 1.00. The van der Waals surface area contributed by atoms with Crippen LogP contribution in [0.4, 0.5) is 0 Å². The quantitative estimate of drug-likeness (QED) is 0.726. The molecular formula is C12H24OS. The van der Waals surface area contributed by atoms with Gasteiger partial charge in [0.15, 0.2) is 0 Å². The van der Waals surface area contributed by atoms with Crippen molar-refractivity contribution < 1.29 is 5.11 Å². The number of aliphatic hydroxyl groups excluding tert-OH is 1. The molecule has 0 heterocycles. The maximum Gasteiger partial charge on any atom is 0.0658 e. The predicted molar refractivity (Wildman–Crippen MR) is 64.8 cm³/mol. The smallest absolute Gasteiger partial charge is 0.0658 e. The Bertz CT molecular complexity index is 149. The van der Waals surface area contributed by atoms with Crippen molar-refractivity contribution in [3.63, 3.8) is 0 Å². The van der Waals surface area contributed by atoms with Gasteiger partial charge < -0.3 is 5.11 Å². The molecule has 0 aliphatic heterocycles. The van der Waals surface area contributed by atoms with Crippen LogP contribution in [0, 0.1) is 5.92 Å². The van der Waals surface area contributed by atoms with Crippen LogP contribution in [-0.2, 0) is 0 Å². The maximum atomic E-state index is 9.91. The molecule has 3 unspecified atom stereocenters. The fourth-order valence-electron chi connectivity index (χ4n) is 1.85. The van der Waals surface area contributed by atoms with E-state index >= 15 is 0 Å². The molecule has 0 radical (unpaired) electrons. The van der Waals surface area contributed by atoms with Crippen molar-refractivity contribution in [3.8, 4) is 0 Å². The molecule has 1 fully saturated rings. The van der Waals surface area contributed by atoms with E-state index in [1.807, 2.05) is 11.8 Å². The third-order valence-corrected chi connectivity index (χ3v) is 4.95. The van der Waals surface area contributed by atoms with Gasteiger partial charge in [-0.25, -0.2) is 0 Å². The predicted octanol–water partition coefficient (Wildman–Crippen LogP) is 3.46. The summed E-state index contributed by atoms with van der Waals surface area (Å²) in [6, 6.07) is 0. The number of thioether (sulfide) groups is 1. The summed E-state index contributed by atoms with van der Waals surface area (Å²) in [6.07, 6.45) is 7.33. The molecule has 0 bridgehead atoms. The van der Waals surface area contributed by atoms with Crippen molar-refractivity contribution in [3.05, 3.63) is 0 Å². The molecule has 0 spiro atoms. The highest BCUT2D eigenvalue weighted by Gasteiger charge is 2.22. The first-order valence-electron chi connectivity index (χ1n) is 6.03. The highest BCUT2D eigenvalue weighted by Crippen LogP contribution is 2.29. The first kappa shape index (κ1) is 12.4. The highest BCUT2D eigenvalue weighted by atomic mass is 32.2. The number of hydrogen-bond acceptors (Lipinski definition) is 2. The zero-order valence-electron chi connectivity index (χ0n) is 9.54. The minimum atomic E-state index is -0.0356. The van der Waals surface area contributed by atoms with Crippen molar-refractivity contribution in [2.24, 2.45) is 5.92 Å². The van der Waals surface area contributed by atoms with Gasteiger partial charge in [0, 0.05) is 5.25 Å². The molecule has 2 heteroatoms. The van der Waals surface area contributed by atoms with Gasteiger partial charge in [0.25, 0.3) is 0 Å². The number of aliphatic hydroxyl groups is 1. The lowest BCUT2D eigenvalue weighted by atomic mass is 10.1. The lowest BCUT2D eigenvalue weighted by Gasteiger charge is -2.21. The summed E-state index contributed by atoms with van der Waals surface area (Å²) in [5, 5.41) is 10.4. The van der Waals surface area contributed by atoms with E-state index < -0.39 is 0 Å². The van der Waals surface area contributed by atoms with E-state index in [0.29, 0.717) is 5.25 Å². The number of rotatable bonds is 4. The topological polar surface area (TPSA) is 20.2 Å². The van der Waals surface area contributed by atoms with E-state index in [9.17, 15) is 5.11 Å². The second-order valence-electron chi connectivity index (χ2n) is 4.59. The Morgan fingerprint density at radius 2 is 2.00 bits per heavy atom. The van der Waals surface area contributed by atoms with Crippen LogP contribution in [0.1, 0.15) is 52.4 Å². The van der Waals surface area contributed by atoms with Crippen LogP contribution in [0.15, 0.2) is 0 Å². The van der Waals surface area contributed by atoms with E-state index in [1.54, 1.807) is 0 Å². The summed E-state index contributed by atoms with van der Waals surface area (Å²) in [4.78, 5) is 0. The Hall–Kier alpha value is 0.310. The van der Waals surface area contributed by atoms with Crippen LogP contribution in [-0.4, -0.2) is 22.2 Å². The summed E-state index contributed by atoms with van der Waals surface area (Å²) < 4.78 is 0. The van der Waals surface area contributed by atoms with Gasteiger partial charge in [0.05, 0.1) is 6.10 Å². The van der Waals surface area contributed by atoms with E-state index in [0.717, 1.165) is 12.3 Å². The van der Waals surface area contributed by atoms with Gasteiger partial charge in [0.2, 0.25) is 0 Å². The minimum absolute atomic E-state index is 0.0356. The molecule has 1 nitrogen and oxygen atoms in total.